The van der Waals surface area contributed by atoms with Crippen LogP contribution in [0.5, 0.6) is 11.5 Å². The molecule has 0 N–H and O–H groups in total. The van der Waals surface area contributed by atoms with E-state index in [0.717, 1.165) is 16.7 Å². The number of benzene rings is 2. The molecule has 0 saturated heterocycles. The normalized spacial score (nSPS) is 11.2. The van der Waals surface area contributed by atoms with Crippen molar-refractivity contribution in [1.82, 2.24) is 0 Å². The fourth-order valence-electron chi connectivity index (χ4n) is 2.01. The summed E-state index contributed by atoms with van der Waals surface area (Å²) in [5, 5.41) is 0. The maximum Gasteiger partial charge on any atom is 0.501 e. The molecule has 106 valence electrons. The topological polar surface area (TPSA) is 52.6 Å². The third-order valence-electron chi connectivity index (χ3n) is 2.73. The van der Waals surface area contributed by atoms with E-state index in [1.54, 1.807) is 44.2 Å². The van der Waals surface area contributed by atoms with Crippen LogP contribution < -0.4 is 8.37 Å². The molecule has 0 aliphatic carbocycles. The molecule has 0 aromatic heterocycles. The van der Waals surface area contributed by atoms with E-state index in [1.165, 1.54) is 0 Å². The number of aryl methyl sites for hydroxylation is 3. The van der Waals surface area contributed by atoms with Crippen molar-refractivity contribution in [3.63, 3.8) is 0 Å². The van der Waals surface area contributed by atoms with Gasteiger partial charge in [0.2, 0.25) is 0 Å². The molecule has 0 spiro atoms. The maximum atomic E-state index is 11.9. The Morgan fingerprint density at radius 2 is 1.40 bits per heavy atom. The highest BCUT2D eigenvalue weighted by molar-refractivity contribution is 7.82. The maximum absolute atomic E-state index is 11.9. The summed E-state index contributed by atoms with van der Waals surface area (Å²) in [6.07, 6.45) is 0. The van der Waals surface area contributed by atoms with Crippen LogP contribution in [-0.2, 0) is 10.4 Å². The summed E-state index contributed by atoms with van der Waals surface area (Å²) in [6.45, 7) is 5.54. The van der Waals surface area contributed by atoms with Gasteiger partial charge in [-0.25, -0.2) is 0 Å². The highest BCUT2D eigenvalue weighted by Gasteiger charge is 2.18. The standard InChI is InChI=1S/C15H16O4S/c1-11-9-12(2)15(13(3)10-11)19-20(16,17)18-14-7-5-4-6-8-14/h4-10H,1-3H3. The van der Waals surface area contributed by atoms with E-state index < -0.39 is 10.4 Å². The van der Waals surface area contributed by atoms with E-state index in [9.17, 15) is 8.42 Å². The second-order valence-corrected chi connectivity index (χ2v) is 5.77. The summed E-state index contributed by atoms with van der Waals surface area (Å²) in [5.74, 6) is 0.529. The van der Waals surface area contributed by atoms with Crippen molar-refractivity contribution in [2.24, 2.45) is 0 Å². The van der Waals surface area contributed by atoms with Crippen molar-refractivity contribution in [3.05, 3.63) is 59.2 Å². The number of hydrogen-bond donors (Lipinski definition) is 0. The lowest BCUT2D eigenvalue weighted by atomic mass is 10.1. The van der Waals surface area contributed by atoms with E-state index in [4.69, 9.17) is 8.37 Å². The monoisotopic (exact) mass is 292 g/mol. The van der Waals surface area contributed by atoms with Gasteiger partial charge in [-0.1, -0.05) is 35.9 Å². The Morgan fingerprint density at radius 1 is 0.850 bits per heavy atom. The van der Waals surface area contributed by atoms with Crippen molar-refractivity contribution < 1.29 is 16.8 Å². The Kier molecular flexibility index (Phi) is 3.99. The third-order valence-corrected chi connectivity index (χ3v) is 3.50. The molecule has 0 atom stereocenters. The molecule has 0 amide bonds. The molecular formula is C15H16O4S. The minimum Gasteiger partial charge on any atom is -0.353 e. The molecule has 2 aromatic rings. The lowest BCUT2D eigenvalue weighted by Gasteiger charge is -2.12. The van der Waals surface area contributed by atoms with Crippen molar-refractivity contribution in [1.29, 1.82) is 0 Å². The van der Waals surface area contributed by atoms with E-state index in [2.05, 4.69) is 0 Å². The van der Waals surface area contributed by atoms with Gasteiger partial charge in [-0.15, -0.1) is 8.42 Å². The van der Waals surface area contributed by atoms with Gasteiger partial charge in [0.05, 0.1) is 0 Å². The van der Waals surface area contributed by atoms with Gasteiger partial charge in [0, 0.05) is 0 Å². The Hall–Kier alpha value is -2.01. The van der Waals surface area contributed by atoms with E-state index >= 15 is 0 Å². The lowest BCUT2D eigenvalue weighted by Crippen LogP contribution is -2.17. The number of hydrogen-bond acceptors (Lipinski definition) is 4. The zero-order chi connectivity index (χ0) is 14.8. The van der Waals surface area contributed by atoms with Crippen LogP contribution in [0, 0.1) is 20.8 Å². The van der Waals surface area contributed by atoms with E-state index in [-0.39, 0.29) is 5.75 Å². The highest BCUT2D eigenvalue weighted by atomic mass is 32.3. The number of rotatable bonds is 4. The second-order valence-electron chi connectivity index (χ2n) is 4.62. The Balaban J connectivity index is 2.25. The molecule has 20 heavy (non-hydrogen) atoms. The molecule has 0 radical (unpaired) electrons. The first-order valence-electron chi connectivity index (χ1n) is 6.14. The van der Waals surface area contributed by atoms with Crippen molar-refractivity contribution >= 4 is 10.4 Å². The van der Waals surface area contributed by atoms with Gasteiger partial charge >= 0.3 is 10.4 Å². The summed E-state index contributed by atoms with van der Waals surface area (Å²) in [7, 11) is -4.15. The molecule has 0 unspecified atom stereocenters. The first kappa shape index (κ1) is 14.4. The Bertz CT molecular complexity index is 683. The molecule has 0 fully saturated rings. The van der Waals surface area contributed by atoms with Crippen molar-refractivity contribution in [2.75, 3.05) is 0 Å². The smallest absolute Gasteiger partial charge is 0.353 e. The summed E-state index contributed by atoms with van der Waals surface area (Å²) in [5.41, 5.74) is 2.55. The molecular weight excluding hydrogens is 276 g/mol. The molecule has 5 heteroatoms. The van der Waals surface area contributed by atoms with Crippen LogP contribution >= 0.6 is 0 Å². The zero-order valence-electron chi connectivity index (χ0n) is 11.6. The molecule has 0 heterocycles. The van der Waals surface area contributed by atoms with E-state index in [0.29, 0.717) is 5.75 Å². The quantitative estimate of drug-likeness (QED) is 0.867. The SMILES string of the molecule is Cc1cc(C)c(OS(=O)(=O)Oc2ccccc2)c(C)c1. The van der Waals surface area contributed by atoms with Gasteiger partial charge in [0.25, 0.3) is 0 Å². The summed E-state index contributed by atoms with van der Waals surface area (Å²) >= 11 is 0. The fourth-order valence-corrected chi connectivity index (χ4v) is 2.86. The van der Waals surface area contributed by atoms with Gasteiger partial charge < -0.3 is 8.37 Å². The molecule has 2 rings (SSSR count). The predicted molar refractivity (Wildman–Crippen MR) is 77.3 cm³/mol. The molecule has 0 aliphatic heterocycles. The summed E-state index contributed by atoms with van der Waals surface area (Å²) in [4.78, 5) is 0. The minimum absolute atomic E-state index is 0.218. The van der Waals surface area contributed by atoms with Crippen LogP contribution in [0.15, 0.2) is 42.5 Å². The van der Waals surface area contributed by atoms with Gasteiger partial charge in [0.1, 0.15) is 5.75 Å². The largest absolute Gasteiger partial charge is 0.501 e. The average molecular weight is 292 g/mol. The van der Waals surface area contributed by atoms with Gasteiger partial charge in [-0.2, -0.15) is 0 Å². The first-order chi connectivity index (χ1) is 9.37. The third kappa shape index (κ3) is 3.51. The van der Waals surface area contributed by atoms with Gasteiger partial charge in [0.15, 0.2) is 5.75 Å². The highest BCUT2D eigenvalue weighted by Crippen LogP contribution is 2.26. The van der Waals surface area contributed by atoms with E-state index in [1.807, 2.05) is 19.1 Å². The summed E-state index contributed by atoms with van der Waals surface area (Å²) in [6, 6.07) is 12.0. The van der Waals surface area contributed by atoms with Crippen LogP contribution in [-0.4, -0.2) is 8.42 Å². The van der Waals surface area contributed by atoms with Crippen LogP contribution in [0.4, 0.5) is 0 Å². The van der Waals surface area contributed by atoms with Crippen molar-refractivity contribution in [2.45, 2.75) is 20.8 Å². The lowest BCUT2D eigenvalue weighted by molar-refractivity contribution is 0.390. The minimum atomic E-state index is -4.15. The van der Waals surface area contributed by atoms with Crippen LogP contribution in [0.2, 0.25) is 0 Å². The average Bonchev–Trinajstić information content (AvgIpc) is 2.34. The number of para-hydroxylation sites is 1. The molecule has 0 saturated carbocycles. The first-order valence-corrected chi connectivity index (χ1v) is 7.47. The molecule has 4 nitrogen and oxygen atoms in total. The van der Waals surface area contributed by atoms with Crippen LogP contribution in [0.3, 0.4) is 0 Å². The van der Waals surface area contributed by atoms with Gasteiger partial charge in [-0.05, 0) is 44.0 Å². The second kappa shape index (κ2) is 5.54. The predicted octanol–water partition coefficient (Wildman–Crippen LogP) is 3.31. The van der Waals surface area contributed by atoms with Crippen molar-refractivity contribution in [3.8, 4) is 11.5 Å². The molecule has 0 bridgehead atoms. The Labute approximate surface area is 119 Å². The van der Waals surface area contributed by atoms with Crippen LogP contribution in [0.1, 0.15) is 16.7 Å². The summed E-state index contributed by atoms with van der Waals surface area (Å²) < 4.78 is 33.8. The van der Waals surface area contributed by atoms with Crippen LogP contribution in [0.25, 0.3) is 0 Å². The van der Waals surface area contributed by atoms with Gasteiger partial charge in [-0.3, -0.25) is 0 Å². The molecule has 0 aliphatic rings. The Morgan fingerprint density at radius 3 is 1.95 bits per heavy atom. The fraction of sp³-hybridized carbons (Fsp3) is 0.200. The molecule has 2 aromatic carbocycles. The zero-order valence-corrected chi connectivity index (χ0v) is 12.4.